The van der Waals surface area contributed by atoms with E-state index in [2.05, 4.69) is 10.1 Å². The highest BCUT2D eigenvalue weighted by atomic mass is 32.1. The first kappa shape index (κ1) is 17.4. The summed E-state index contributed by atoms with van der Waals surface area (Å²) in [6.07, 6.45) is 0.720. The maximum atomic E-state index is 12.7. The van der Waals surface area contributed by atoms with Crippen LogP contribution in [0.1, 0.15) is 23.4 Å². The zero-order valence-electron chi connectivity index (χ0n) is 14.4. The highest BCUT2D eigenvalue weighted by Gasteiger charge is 2.34. The van der Waals surface area contributed by atoms with E-state index in [0.29, 0.717) is 24.7 Å². The van der Waals surface area contributed by atoms with Crippen LogP contribution in [0, 0.1) is 0 Å². The number of thiophene rings is 1. The molecular formula is C19H17N3O4S. The van der Waals surface area contributed by atoms with Gasteiger partial charge >= 0.3 is 5.97 Å². The minimum Gasteiger partial charge on any atom is -0.480 e. The zero-order valence-corrected chi connectivity index (χ0v) is 15.2. The highest BCUT2D eigenvalue weighted by molar-refractivity contribution is 7.08. The molecule has 0 saturated carbocycles. The van der Waals surface area contributed by atoms with Crippen LogP contribution in [0.15, 0.2) is 45.6 Å². The minimum absolute atomic E-state index is 0.122. The van der Waals surface area contributed by atoms with Gasteiger partial charge in [0, 0.05) is 36.8 Å². The maximum absolute atomic E-state index is 12.7. The third-order valence-corrected chi connectivity index (χ3v) is 5.34. The molecule has 0 saturated heterocycles. The van der Waals surface area contributed by atoms with Crippen LogP contribution in [0.2, 0.25) is 0 Å². The van der Waals surface area contributed by atoms with E-state index in [4.69, 9.17) is 4.52 Å². The van der Waals surface area contributed by atoms with Crippen molar-refractivity contribution in [1.82, 2.24) is 15.0 Å². The third kappa shape index (κ3) is 3.61. The lowest BCUT2D eigenvalue weighted by atomic mass is 9.93. The van der Waals surface area contributed by atoms with Gasteiger partial charge in [-0.25, -0.2) is 4.79 Å². The van der Waals surface area contributed by atoms with Crippen molar-refractivity contribution in [2.45, 2.75) is 31.8 Å². The molecule has 7 nitrogen and oxygen atoms in total. The second kappa shape index (κ2) is 7.32. The lowest BCUT2D eigenvalue weighted by molar-refractivity contribution is -0.151. The highest BCUT2D eigenvalue weighted by Crippen LogP contribution is 2.25. The number of carbonyl (C=O) groups excluding carboxylic acids is 1. The van der Waals surface area contributed by atoms with Gasteiger partial charge in [0.25, 0.3) is 0 Å². The Bertz CT molecular complexity index is 967. The summed E-state index contributed by atoms with van der Waals surface area (Å²) in [7, 11) is 0. The molecule has 1 unspecified atom stereocenters. The number of benzene rings is 1. The SMILES string of the molecule is O=C(O)C1Cc2ccccc2CN1C(=O)CCc1nc(-c2ccsc2)no1. The van der Waals surface area contributed by atoms with Crippen LogP contribution in [0.5, 0.6) is 0 Å². The monoisotopic (exact) mass is 383 g/mol. The number of nitrogens with zero attached hydrogens (tertiary/aromatic N) is 3. The molecule has 4 rings (SSSR count). The van der Waals surface area contributed by atoms with E-state index < -0.39 is 12.0 Å². The van der Waals surface area contributed by atoms with Crippen molar-refractivity contribution in [3.05, 3.63) is 58.1 Å². The van der Waals surface area contributed by atoms with Crippen molar-refractivity contribution in [2.75, 3.05) is 0 Å². The van der Waals surface area contributed by atoms with Crippen LogP contribution in [0.4, 0.5) is 0 Å². The molecular weight excluding hydrogens is 366 g/mol. The fourth-order valence-electron chi connectivity index (χ4n) is 3.23. The molecule has 0 radical (unpaired) electrons. The topological polar surface area (TPSA) is 96.5 Å². The van der Waals surface area contributed by atoms with E-state index in [9.17, 15) is 14.7 Å². The Morgan fingerprint density at radius 2 is 2.07 bits per heavy atom. The average Bonchev–Trinajstić information content (AvgIpc) is 3.36. The van der Waals surface area contributed by atoms with Crippen molar-refractivity contribution in [2.24, 2.45) is 0 Å². The fourth-order valence-corrected chi connectivity index (χ4v) is 3.86. The predicted octanol–water partition coefficient (Wildman–Crippen LogP) is 2.77. The van der Waals surface area contributed by atoms with Gasteiger partial charge in [-0.3, -0.25) is 4.79 Å². The largest absolute Gasteiger partial charge is 0.480 e. The molecule has 2 aromatic heterocycles. The normalized spacial score (nSPS) is 16.1. The number of rotatable bonds is 5. The molecule has 3 heterocycles. The second-order valence-electron chi connectivity index (χ2n) is 6.37. The number of carbonyl (C=O) groups is 2. The molecule has 1 aliphatic heterocycles. The van der Waals surface area contributed by atoms with Gasteiger partial charge in [-0.05, 0) is 22.6 Å². The molecule has 0 spiro atoms. The molecule has 1 aromatic carbocycles. The maximum Gasteiger partial charge on any atom is 0.326 e. The number of aryl methyl sites for hydroxylation is 1. The average molecular weight is 383 g/mol. The van der Waals surface area contributed by atoms with Crippen LogP contribution in [-0.4, -0.2) is 38.1 Å². The first-order valence-corrected chi connectivity index (χ1v) is 9.50. The van der Waals surface area contributed by atoms with Crippen LogP contribution >= 0.6 is 11.3 Å². The number of carboxylic acids is 1. The van der Waals surface area contributed by atoms with Crippen molar-refractivity contribution in [3.8, 4) is 11.4 Å². The van der Waals surface area contributed by atoms with Crippen molar-refractivity contribution >= 4 is 23.2 Å². The van der Waals surface area contributed by atoms with Gasteiger partial charge in [-0.2, -0.15) is 16.3 Å². The van der Waals surface area contributed by atoms with Crippen LogP contribution < -0.4 is 0 Å². The van der Waals surface area contributed by atoms with Gasteiger partial charge in [0.05, 0.1) is 0 Å². The Morgan fingerprint density at radius 3 is 2.81 bits per heavy atom. The summed E-state index contributed by atoms with van der Waals surface area (Å²) in [5.74, 6) is -0.356. The summed E-state index contributed by atoms with van der Waals surface area (Å²) in [5, 5.41) is 17.3. The summed E-state index contributed by atoms with van der Waals surface area (Å²) in [5.41, 5.74) is 2.84. The Balaban J connectivity index is 1.45. The number of aromatic nitrogens is 2. The first-order valence-electron chi connectivity index (χ1n) is 8.56. The minimum atomic E-state index is -0.990. The van der Waals surface area contributed by atoms with E-state index in [1.54, 1.807) is 11.3 Å². The summed E-state index contributed by atoms with van der Waals surface area (Å²) >= 11 is 1.54. The summed E-state index contributed by atoms with van der Waals surface area (Å²) < 4.78 is 5.21. The lowest BCUT2D eigenvalue weighted by Gasteiger charge is -2.34. The van der Waals surface area contributed by atoms with Crippen molar-refractivity contribution in [1.29, 1.82) is 0 Å². The Labute approximate surface area is 159 Å². The van der Waals surface area contributed by atoms with Crippen LogP contribution in [0.25, 0.3) is 11.4 Å². The number of hydrogen-bond donors (Lipinski definition) is 1. The molecule has 1 N–H and O–H groups in total. The smallest absolute Gasteiger partial charge is 0.326 e. The van der Waals surface area contributed by atoms with E-state index >= 15 is 0 Å². The van der Waals surface area contributed by atoms with E-state index in [1.807, 2.05) is 41.1 Å². The lowest BCUT2D eigenvalue weighted by Crippen LogP contribution is -2.48. The van der Waals surface area contributed by atoms with Gasteiger partial charge in [0.2, 0.25) is 17.6 Å². The first-order chi connectivity index (χ1) is 13.1. The molecule has 1 atom stereocenters. The third-order valence-electron chi connectivity index (χ3n) is 4.65. The zero-order chi connectivity index (χ0) is 18.8. The van der Waals surface area contributed by atoms with E-state index in [1.165, 1.54) is 4.90 Å². The standard InChI is InChI=1S/C19H17N3O4S/c23-17(6-5-16-20-18(21-26-16)14-7-8-27-11-14)22-10-13-4-2-1-3-12(13)9-15(22)19(24)25/h1-4,7-8,11,15H,5-6,9-10H2,(H,24,25). The molecule has 138 valence electrons. The number of carboxylic acid groups (broad SMARTS) is 1. The van der Waals surface area contributed by atoms with Gasteiger partial charge in [-0.15, -0.1) is 0 Å². The molecule has 0 fully saturated rings. The van der Waals surface area contributed by atoms with Crippen molar-refractivity contribution in [3.63, 3.8) is 0 Å². The van der Waals surface area contributed by atoms with Gasteiger partial charge in [-0.1, -0.05) is 29.4 Å². The molecule has 1 amide bonds. The van der Waals surface area contributed by atoms with Crippen molar-refractivity contribution < 1.29 is 19.2 Å². The fraction of sp³-hybridized carbons (Fsp3) is 0.263. The number of aliphatic carboxylic acids is 1. The summed E-state index contributed by atoms with van der Waals surface area (Å²) in [4.78, 5) is 30.1. The Kier molecular flexibility index (Phi) is 4.72. The van der Waals surface area contributed by atoms with E-state index in [-0.39, 0.29) is 18.7 Å². The Morgan fingerprint density at radius 1 is 1.26 bits per heavy atom. The number of fused-ring (bicyclic) bond motifs is 1. The molecule has 0 aliphatic carbocycles. The molecule has 1 aliphatic rings. The van der Waals surface area contributed by atoms with Crippen LogP contribution in [0.3, 0.4) is 0 Å². The molecule has 0 bridgehead atoms. The molecule has 3 aromatic rings. The summed E-state index contributed by atoms with van der Waals surface area (Å²) in [6.45, 7) is 0.302. The number of hydrogen-bond acceptors (Lipinski definition) is 6. The second-order valence-corrected chi connectivity index (χ2v) is 7.15. The molecule has 8 heteroatoms. The van der Waals surface area contributed by atoms with Crippen LogP contribution in [-0.2, 0) is 29.0 Å². The van der Waals surface area contributed by atoms with Gasteiger partial charge < -0.3 is 14.5 Å². The van der Waals surface area contributed by atoms with E-state index in [0.717, 1.165) is 16.7 Å². The quantitative estimate of drug-likeness (QED) is 0.728. The van der Waals surface area contributed by atoms with Gasteiger partial charge in [0.15, 0.2) is 0 Å². The molecule has 27 heavy (non-hydrogen) atoms. The van der Waals surface area contributed by atoms with Gasteiger partial charge in [0.1, 0.15) is 6.04 Å². The number of amides is 1. The predicted molar refractivity (Wildman–Crippen MR) is 98.1 cm³/mol. The summed E-state index contributed by atoms with van der Waals surface area (Å²) in [6, 6.07) is 8.67. The Hall–Kier alpha value is -3.00.